The van der Waals surface area contributed by atoms with Crippen LogP contribution in [0.4, 0.5) is 33.7 Å². The Balaban J connectivity index is 1.52. The van der Waals surface area contributed by atoms with E-state index in [1.807, 2.05) is 18.2 Å². The van der Waals surface area contributed by atoms with E-state index in [9.17, 15) is 27.6 Å². The van der Waals surface area contributed by atoms with Gasteiger partial charge in [0.2, 0.25) is 0 Å². The number of nitrogens with zero attached hydrogens (tertiary/aromatic N) is 4. The van der Waals surface area contributed by atoms with Crippen molar-refractivity contribution in [1.29, 1.82) is 5.26 Å². The molecule has 0 bridgehead atoms. The maximum atomic E-state index is 13.8. The number of rotatable bonds is 9. The highest BCUT2D eigenvalue weighted by Crippen LogP contribution is 2.33. The van der Waals surface area contributed by atoms with Crippen molar-refractivity contribution in [3.8, 4) is 17.2 Å². The van der Waals surface area contributed by atoms with Gasteiger partial charge >= 0.3 is 12.2 Å². The van der Waals surface area contributed by atoms with E-state index in [1.54, 1.807) is 37.4 Å². The molecule has 1 aliphatic heterocycles. The van der Waals surface area contributed by atoms with Crippen molar-refractivity contribution in [2.24, 2.45) is 0 Å². The van der Waals surface area contributed by atoms with Crippen LogP contribution in [-0.4, -0.2) is 75.4 Å². The number of nitriles is 1. The summed E-state index contributed by atoms with van der Waals surface area (Å²) in [7, 11) is 1.67. The topological polar surface area (TPSA) is 71.8 Å². The number of hydrogen-bond donors (Lipinski definition) is 1. The minimum absolute atomic E-state index is 0.162. The lowest BCUT2D eigenvalue weighted by Gasteiger charge is -2.35. The molecule has 0 spiro atoms. The van der Waals surface area contributed by atoms with E-state index in [-0.39, 0.29) is 12.2 Å². The summed E-state index contributed by atoms with van der Waals surface area (Å²) >= 11 is 0. The number of amides is 2. The third kappa shape index (κ3) is 8.04. The third-order valence-corrected chi connectivity index (χ3v) is 6.99. The smallest absolute Gasteiger partial charge is 0.383 e. The number of urea groups is 1. The molecule has 0 aromatic heterocycles. The fraction of sp³-hybridized carbons (Fsp3) is 0.333. The van der Waals surface area contributed by atoms with Crippen LogP contribution in [-0.2, 0) is 10.9 Å². The normalized spacial score (nSPS) is 14.4. The number of carbonyl (C=O) groups is 1. The van der Waals surface area contributed by atoms with Gasteiger partial charge in [0.25, 0.3) is 0 Å². The van der Waals surface area contributed by atoms with Crippen molar-refractivity contribution in [3.63, 3.8) is 0 Å². The summed E-state index contributed by atoms with van der Waals surface area (Å²) < 4.78 is 58.7. The molecule has 2 amide bonds. The third-order valence-electron chi connectivity index (χ3n) is 6.99. The Morgan fingerprint density at radius 3 is 2.29 bits per heavy atom. The zero-order chi connectivity index (χ0) is 29.4. The summed E-state index contributed by atoms with van der Waals surface area (Å²) in [6.45, 7) is 5.67. The number of anilines is 2. The standard InChI is InChI=1S/C30H31F4N5O2/c1-41-18-17-38-13-11-37(12-14-38)15-16-39(29(40)36-25-7-10-28(31)27(20-25)30(32,33)34)26-8-5-23(6-9-26)24-4-2-3-22(19-24)21-35/h2-10,19-20H,11-18H2,1H3,(H,36,40). The SMILES string of the molecule is COCCN1CCN(CCN(C(=O)Nc2ccc(F)c(C(F)(F)F)c2)c2ccc(-c3cccc(C#N)c3)cc2)CC1. The second-order valence-corrected chi connectivity index (χ2v) is 9.69. The minimum Gasteiger partial charge on any atom is -0.383 e. The average Bonchev–Trinajstić information content (AvgIpc) is 2.97. The van der Waals surface area contributed by atoms with Gasteiger partial charge in [0.05, 0.1) is 23.8 Å². The number of nitrogens with one attached hydrogen (secondary N) is 1. The second kappa shape index (κ2) is 13.6. The quantitative estimate of drug-likeness (QED) is 0.336. The molecule has 11 heteroatoms. The molecule has 0 aliphatic carbocycles. The summed E-state index contributed by atoms with van der Waals surface area (Å²) in [5.41, 5.74) is 1.13. The van der Waals surface area contributed by atoms with Gasteiger partial charge in [-0.2, -0.15) is 18.4 Å². The molecule has 0 atom stereocenters. The first-order valence-corrected chi connectivity index (χ1v) is 13.2. The van der Waals surface area contributed by atoms with Crippen molar-refractivity contribution in [3.05, 3.63) is 83.7 Å². The molecule has 1 saturated heterocycles. The van der Waals surface area contributed by atoms with Crippen LogP contribution >= 0.6 is 0 Å². The Morgan fingerprint density at radius 1 is 0.976 bits per heavy atom. The number of methoxy groups -OCH3 is 1. The van der Waals surface area contributed by atoms with E-state index in [2.05, 4.69) is 21.2 Å². The van der Waals surface area contributed by atoms with Gasteiger partial charge in [-0.05, 0) is 53.6 Å². The molecule has 1 N–H and O–H groups in total. The predicted octanol–water partition coefficient (Wildman–Crippen LogP) is 5.69. The lowest BCUT2D eigenvalue weighted by Crippen LogP contribution is -2.50. The van der Waals surface area contributed by atoms with Crippen LogP contribution in [0.3, 0.4) is 0 Å². The van der Waals surface area contributed by atoms with Crippen molar-refractivity contribution < 1.29 is 27.1 Å². The zero-order valence-corrected chi connectivity index (χ0v) is 22.6. The number of carbonyl (C=O) groups excluding carboxylic acids is 1. The summed E-state index contributed by atoms with van der Waals surface area (Å²) in [4.78, 5) is 19.4. The Labute approximate surface area is 236 Å². The van der Waals surface area contributed by atoms with Gasteiger partial charge in [-0.3, -0.25) is 14.7 Å². The molecule has 0 radical (unpaired) electrons. The first-order valence-electron chi connectivity index (χ1n) is 13.2. The van der Waals surface area contributed by atoms with Gasteiger partial charge in [-0.15, -0.1) is 0 Å². The molecule has 1 fully saturated rings. The Hall–Kier alpha value is -3.98. The molecule has 3 aromatic carbocycles. The maximum absolute atomic E-state index is 13.8. The molecule has 7 nitrogen and oxygen atoms in total. The fourth-order valence-corrected chi connectivity index (χ4v) is 4.66. The molecule has 3 aromatic rings. The van der Waals surface area contributed by atoms with Crippen molar-refractivity contribution in [2.75, 3.05) is 69.7 Å². The van der Waals surface area contributed by atoms with E-state index in [0.29, 0.717) is 36.5 Å². The molecule has 216 valence electrons. The van der Waals surface area contributed by atoms with Gasteiger partial charge in [-0.1, -0.05) is 24.3 Å². The highest BCUT2D eigenvalue weighted by molar-refractivity contribution is 6.02. The van der Waals surface area contributed by atoms with Crippen LogP contribution in [0.1, 0.15) is 11.1 Å². The molecular formula is C30H31F4N5O2. The number of hydrogen-bond acceptors (Lipinski definition) is 5. The van der Waals surface area contributed by atoms with Gasteiger partial charge in [-0.25, -0.2) is 9.18 Å². The van der Waals surface area contributed by atoms with Gasteiger partial charge < -0.3 is 10.1 Å². The Kier molecular flexibility index (Phi) is 9.94. The molecule has 41 heavy (non-hydrogen) atoms. The number of alkyl halides is 3. The fourth-order valence-electron chi connectivity index (χ4n) is 4.66. The first-order chi connectivity index (χ1) is 19.7. The van der Waals surface area contributed by atoms with E-state index in [0.717, 1.165) is 49.9 Å². The van der Waals surface area contributed by atoms with Crippen LogP contribution < -0.4 is 10.2 Å². The lowest BCUT2D eigenvalue weighted by atomic mass is 10.0. The molecule has 4 rings (SSSR count). The number of piperazine rings is 1. The summed E-state index contributed by atoms with van der Waals surface area (Å²) in [6, 6.07) is 18.1. The minimum atomic E-state index is -4.89. The predicted molar refractivity (Wildman–Crippen MR) is 149 cm³/mol. The summed E-state index contributed by atoms with van der Waals surface area (Å²) in [5.74, 6) is -1.41. The van der Waals surface area contributed by atoms with Crippen molar-refractivity contribution in [2.45, 2.75) is 6.18 Å². The summed E-state index contributed by atoms with van der Waals surface area (Å²) in [6.07, 6.45) is -4.89. The molecule has 1 aliphatic rings. The Morgan fingerprint density at radius 2 is 1.66 bits per heavy atom. The molecular weight excluding hydrogens is 538 g/mol. The number of benzene rings is 3. The second-order valence-electron chi connectivity index (χ2n) is 9.69. The lowest BCUT2D eigenvalue weighted by molar-refractivity contribution is -0.139. The van der Waals surface area contributed by atoms with Gasteiger partial charge in [0.15, 0.2) is 0 Å². The largest absolute Gasteiger partial charge is 0.419 e. The van der Waals surface area contributed by atoms with Crippen molar-refractivity contribution in [1.82, 2.24) is 9.80 Å². The number of ether oxygens (including phenoxy) is 1. The van der Waals surface area contributed by atoms with Gasteiger partial charge in [0.1, 0.15) is 5.82 Å². The highest BCUT2D eigenvalue weighted by Gasteiger charge is 2.34. The maximum Gasteiger partial charge on any atom is 0.419 e. The van der Waals surface area contributed by atoms with Crippen LogP contribution in [0.25, 0.3) is 11.1 Å². The number of halogens is 4. The monoisotopic (exact) mass is 569 g/mol. The summed E-state index contributed by atoms with van der Waals surface area (Å²) in [5, 5.41) is 11.7. The van der Waals surface area contributed by atoms with E-state index < -0.39 is 23.6 Å². The van der Waals surface area contributed by atoms with E-state index in [1.165, 1.54) is 4.90 Å². The van der Waals surface area contributed by atoms with Crippen LogP contribution in [0, 0.1) is 17.1 Å². The Bertz CT molecular complexity index is 1370. The van der Waals surface area contributed by atoms with E-state index >= 15 is 0 Å². The zero-order valence-electron chi connectivity index (χ0n) is 22.6. The van der Waals surface area contributed by atoms with Gasteiger partial charge in [0, 0.05) is 64.3 Å². The van der Waals surface area contributed by atoms with Crippen LogP contribution in [0.15, 0.2) is 66.7 Å². The van der Waals surface area contributed by atoms with Crippen LogP contribution in [0.5, 0.6) is 0 Å². The molecule has 0 saturated carbocycles. The molecule has 0 unspecified atom stereocenters. The highest BCUT2D eigenvalue weighted by atomic mass is 19.4. The average molecular weight is 570 g/mol. The van der Waals surface area contributed by atoms with Crippen molar-refractivity contribution >= 4 is 17.4 Å². The van der Waals surface area contributed by atoms with Crippen LogP contribution in [0.2, 0.25) is 0 Å². The first kappa shape index (κ1) is 30.0. The molecule has 1 heterocycles. The van der Waals surface area contributed by atoms with E-state index in [4.69, 9.17) is 4.74 Å².